The van der Waals surface area contributed by atoms with Crippen LogP contribution in [0.25, 0.3) is 10.9 Å². The molecule has 0 spiro atoms. The van der Waals surface area contributed by atoms with Crippen LogP contribution < -0.4 is 4.74 Å². The summed E-state index contributed by atoms with van der Waals surface area (Å²) in [5.41, 5.74) is 0.467. The van der Waals surface area contributed by atoms with Crippen molar-refractivity contribution in [3.63, 3.8) is 0 Å². The van der Waals surface area contributed by atoms with Crippen molar-refractivity contribution < 1.29 is 19.3 Å². The van der Waals surface area contributed by atoms with Crippen LogP contribution in [0.2, 0.25) is 0 Å². The van der Waals surface area contributed by atoms with E-state index in [1.165, 1.54) is 37.3 Å². The molecule has 0 aliphatic heterocycles. The molecule has 0 saturated heterocycles. The fourth-order valence-corrected chi connectivity index (χ4v) is 2.43. The molecule has 0 amide bonds. The summed E-state index contributed by atoms with van der Waals surface area (Å²) in [6.07, 6.45) is 0.513. The molecule has 1 aromatic heterocycles. The second kappa shape index (κ2) is 6.14. The Kier molecular flexibility index (Phi) is 4.52. The minimum Gasteiger partial charge on any atom is -0.494 e. The zero-order valence-electron chi connectivity index (χ0n) is 10.2. The van der Waals surface area contributed by atoms with E-state index in [2.05, 4.69) is 9.97 Å². The molecule has 2 rings (SSSR count). The normalized spacial score (nSPS) is 12.6. The first kappa shape index (κ1) is 14.0. The first-order valence-corrected chi connectivity index (χ1v) is 6.54. The third kappa shape index (κ3) is 3.12. The molecule has 0 bridgehead atoms. The lowest BCUT2D eigenvalue weighted by Crippen LogP contribution is -2.14. The van der Waals surface area contributed by atoms with Gasteiger partial charge in [-0.1, -0.05) is 0 Å². The predicted octanol–water partition coefficient (Wildman–Crippen LogP) is 1.22. The van der Waals surface area contributed by atoms with Gasteiger partial charge in [0.25, 0.3) is 0 Å². The highest BCUT2D eigenvalue weighted by Crippen LogP contribution is 2.29. The van der Waals surface area contributed by atoms with Crippen molar-refractivity contribution in [1.29, 1.82) is 0 Å². The summed E-state index contributed by atoms with van der Waals surface area (Å²) in [6.45, 7) is -0.312. The average molecular weight is 284 g/mol. The van der Waals surface area contributed by atoms with Crippen molar-refractivity contribution >= 4 is 22.7 Å². The Hall–Kier alpha value is -1.44. The van der Waals surface area contributed by atoms with E-state index in [1.807, 2.05) is 0 Å². The fourth-order valence-electron chi connectivity index (χ4n) is 1.53. The molecule has 7 heteroatoms. The monoisotopic (exact) mass is 284 g/mol. The van der Waals surface area contributed by atoms with Crippen LogP contribution in [0.1, 0.15) is 0 Å². The number of aliphatic hydroxyl groups excluding tert-OH is 2. The molecule has 102 valence electrons. The van der Waals surface area contributed by atoms with Crippen LogP contribution in [0.3, 0.4) is 0 Å². The molecular formula is C12H13FN2O3S. The number of fused-ring (bicyclic) bond motifs is 1. The highest BCUT2D eigenvalue weighted by atomic mass is 32.2. The number of thioether (sulfide) groups is 1. The van der Waals surface area contributed by atoms with Crippen molar-refractivity contribution in [2.45, 2.75) is 11.1 Å². The largest absolute Gasteiger partial charge is 0.494 e. The molecule has 1 heterocycles. The molecule has 2 N–H and O–H groups in total. The third-order valence-corrected chi connectivity index (χ3v) is 3.65. The molecule has 0 radical (unpaired) electrons. The minimum absolute atomic E-state index is 0.117. The number of halogens is 1. The quantitative estimate of drug-likeness (QED) is 0.635. The van der Waals surface area contributed by atoms with Crippen molar-refractivity contribution in [3.8, 4) is 5.75 Å². The molecule has 2 aromatic rings. The highest BCUT2D eigenvalue weighted by Gasteiger charge is 2.12. The summed E-state index contributed by atoms with van der Waals surface area (Å²) in [5, 5.41) is 19.4. The number of aromatic nitrogens is 2. The van der Waals surface area contributed by atoms with E-state index in [4.69, 9.17) is 9.84 Å². The lowest BCUT2D eigenvalue weighted by atomic mass is 10.2. The first-order valence-electron chi connectivity index (χ1n) is 5.55. The van der Waals surface area contributed by atoms with Crippen LogP contribution >= 0.6 is 11.8 Å². The molecule has 5 nitrogen and oxygen atoms in total. The van der Waals surface area contributed by atoms with E-state index in [-0.39, 0.29) is 12.4 Å². The van der Waals surface area contributed by atoms with Crippen LogP contribution in [-0.4, -0.2) is 45.8 Å². The van der Waals surface area contributed by atoms with Crippen LogP contribution in [0.15, 0.2) is 23.5 Å². The average Bonchev–Trinajstić information content (AvgIpc) is 2.43. The Bertz CT molecular complexity index is 582. The molecule has 0 aliphatic rings. The summed E-state index contributed by atoms with van der Waals surface area (Å²) in [5.74, 6) is -0.0747. The van der Waals surface area contributed by atoms with Crippen molar-refractivity contribution in [1.82, 2.24) is 9.97 Å². The number of hydrogen-bond donors (Lipinski definition) is 2. The van der Waals surface area contributed by atoms with Gasteiger partial charge in [-0.15, -0.1) is 11.8 Å². The zero-order chi connectivity index (χ0) is 13.8. The second-order valence-corrected chi connectivity index (χ2v) is 4.84. The zero-order valence-corrected chi connectivity index (χ0v) is 11.0. The van der Waals surface area contributed by atoms with Gasteiger partial charge in [0, 0.05) is 17.2 Å². The van der Waals surface area contributed by atoms with Gasteiger partial charge in [-0.2, -0.15) is 0 Å². The first-order chi connectivity index (χ1) is 9.15. The van der Waals surface area contributed by atoms with Gasteiger partial charge in [0.2, 0.25) is 0 Å². The molecule has 1 atom stereocenters. The number of rotatable bonds is 5. The van der Waals surface area contributed by atoms with Crippen molar-refractivity contribution in [2.75, 3.05) is 19.5 Å². The molecular weight excluding hydrogens is 271 g/mol. The summed E-state index contributed by atoms with van der Waals surface area (Å²) in [4.78, 5) is 8.09. The van der Waals surface area contributed by atoms with Crippen LogP contribution in [0, 0.1) is 5.82 Å². The van der Waals surface area contributed by atoms with Gasteiger partial charge >= 0.3 is 0 Å². The molecule has 1 unspecified atom stereocenters. The van der Waals surface area contributed by atoms with Gasteiger partial charge in [-0.05, 0) is 6.07 Å². The van der Waals surface area contributed by atoms with Crippen LogP contribution in [0.4, 0.5) is 4.39 Å². The summed E-state index contributed by atoms with van der Waals surface area (Å²) >= 11 is 1.27. The Morgan fingerprint density at radius 1 is 1.42 bits per heavy atom. The van der Waals surface area contributed by atoms with E-state index in [9.17, 15) is 9.50 Å². The standard InChI is InChI=1S/C12H13FN2O3S/c1-18-11-2-8-10(3-9(11)13)14-6-15-12(8)19-5-7(17)4-16/h2-3,6-7,16-17H,4-5H2,1H3. The Labute approximate surface area is 113 Å². The van der Waals surface area contributed by atoms with Gasteiger partial charge in [0.05, 0.1) is 25.3 Å². The maximum absolute atomic E-state index is 13.6. The fraction of sp³-hybridized carbons (Fsp3) is 0.333. The van der Waals surface area contributed by atoms with Gasteiger partial charge in [0.15, 0.2) is 11.6 Å². The summed E-state index contributed by atoms with van der Waals surface area (Å²) in [7, 11) is 1.39. The smallest absolute Gasteiger partial charge is 0.167 e. The number of methoxy groups -OCH3 is 1. The molecule has 0 aliphatic carbocycles. The number of hydrogen-bond acceptors (Lipinski definition) is 6. The second-order valence-electron chi connectivity index (χ2n) is 3.83. The lowest BCUT2D eigenvalue weighted by Gasteiger charge is -2.09. The van der Waals surface area contributed by atoms with E-state index in [0.717, 1.165) is 0 Å². The van der Waals surface area contributed by atoms with Crippen molar-refractivity contribution in [3.05, 3.63) is 24.3 Å². The lowest BCUT2D eigenvalue weighted by molar-refractivity contribution is 0.113. The van der Waals surface area contributed by atoms with E-state index in [1.54, 1.807) is 0 Å². The maximum Gasteiger partial charge on any atom is 0.167 e. The Balaban J connectivity index is 2.38. The third-order valence-electron chi connectivity index (χ3n) is 2.50. The number of aliphatic hydroxyl groups is 2. The number of ether oxygens (including phenoxy) is 1. The summed E-state index contributed by atoms with van der Waals surface area (Å²) in [6, 6.07) is 2.81. The summed E-state index contributed by atoms with van der Waals surface area (Å²) < 4.78 is 18.5. The van der Waals surface area contributed by atoms with Gasteiger partial charge < -0.3 is 14.9 Å². The van der Waals surface area contributed by atoms with E-state index in [0.29, 0.717) is 21.7 Å². The molecule has 0 saturated carbocycles. The topological polar surface area (TPSA) is 75.5 Å². The van der Waals surface area contributed by atoms with Gasteiger partial charge in [-0.3, -0.25) is 0 Å². The van der Waals surface area contributed by atoms with E-state index >= 15 is 0 Å². The molecule has 1 aromatic carbocycles. The molecule has 0 fully saturated rings. The van der Waals surface area contributed by atoms with Crippen molar-refractivity contribution in [2.24, 2.45) is 0 Å². The SMILES string of the molecule is COc1cc2c(SCC(O)CO)ncnc2cc1F. The Morgan fingerprint density at radius 2 is 2.21 bits per heavy atom. The molecule has 19 heavy (non-hydrogen) atoms. The Morgan fingerprint density at radius 3 is 2.89 bits per heavy atom. The highest BCUT2D eigenvalue weighted by molar-refractivity contribution is 7.99. The maximum atomic E-state index is 13.6. The number of benzene rings is 1. The van der Waals surface area contributed by atoms with Crippen LogP contribution in [0.5, 0.6) is 5.75 Å². The van der Waals surface area contributed by atoms with Crippen LogP contribution in [-0.2, 0) is 0 Å². The van der Waals surface area contributed by atoms with Gasteiger partial charge in [-0.25, -0.2) is 14.4 Å². The minimum atomic E-state index is -0.822. The van der Waals surface area contributed by atoms with Gasteiger partial charge in [0.1, 0.15) is 11.4 Å². The van der Waals surface area contributed by atoms with E-state index < -0.39 is 11.9 Å². The number of nitrogens with zero attached hydrogens (tertiary/aromatic N) is 2. The predicted molar refractivity (Wildman–Crippen MR) is 69.9 cm³/mol.